The van der Waals surface area contributed by atoms with E-state index in [1.807, 2.05) is 20.8 Å². The van der Waals surface area contributed by atoms with Crippen molar-refractivity contribution in [1.29, 1.82) is 0 Å². The minimum Gasteiger partial charge on any atom is -0.461 e. The SMILES string of the molecule is C=C(COC(=O)C(C)(C)C)[C@H](CC(C)C)[C@@H](O)C[C@@H](C)[C@H]1CC[C@H]2/C(=C/Br)CCC[C@]12C. The Bertz CT molecular complexity index is 689. The van der Waals surface area contributed by atoms with Crippen LogP contribution in [0.5, 0.6) is 0 Å². The molecule has 0 radical (unpaired) electrons. The summed E-state index contributed by atoms with van der Waals surface area (Å²) < 4.78 is 5.54. The summed E-state index contributed by atoms with van der Waals surface area (Å²) in [6.45, 7) is 19.2. The first-order valence-corrected chi connectivity index (χ1v) is 13.5. The zero-order chi connectivity index (χ0) is 24.3. The van der Waals surface area contributed by atoms with Gasteiger partial charge in [0.15, 0.2) is 0 Å². The second-order valence-electron chi connectivity index (χ2n) is 12.3. The number of fused-ring (bicyclic) bond motifs is 1. The molecule has 3 nitrogen and oxygen atoms in total. The van der Waals surface area contributed by atoms with Crippen LogP contribution in [0.1, 0.15) is 93.4 Å². The van der Waals surface area contributed by atoms with Gasteiger partial charge in [0.05, 0.1) is 11.5 Å². The molecule has 2 fully saturated rings. The Morgan fingerprint density at radius 3 is 2.50 bits per heavy atom. The molecule has 6 atom stereocenters. The van der Waals surface area contributed by atoms with Gasteiger partial charge in [-0.3, -0.25) is 4.79 Å². The highest BCUT2D eigenvalue weighted by Gasteiger charge is 2.51. The molecular weight excluding hydrogens is 464 g/mol. The van der Waals surface area contributed by atoms with Crippen molar-refractivity contribution >= 4 is 21.9 Å². The Morgan fingerprint density at radius 2 is 1.94 bits per heavy atom. The van der Waals surface area contributed by atoms with E-state index < -0.39 is 11.5 Å². The molecule has 2 rings (SSSR count). The van der Waals surface area contributed by atoms with E-state index in [4.69, 9.17) is 4.74 Å². The van der Waals surface area contributed by atoms with Crippen LogP contribution in [0, 0.1) is 40.4 Å². The molecule has 0 heterocycles. The van der Waals surface area contributed by atoms with Gasteiger partial charge in [0, 0.05) is 5.92 Å². The average Bonchev–Trinajstić information content (AvgIpc) is 3.05. The number of aliphatic hydroxyl groups is 1. The summed E-state index contributed by atoms with van der Waals surface area (Å²) in [5.41, 5.74) is 2.23. The van der Waals surface area contributed by atoms with Gasteiger partial charge in [-0.1, -0.05) is 55.8 Å². The van der Waals surface area contributed by atoms with Crippen molar-refractivity contribution in [3.05, 3.63) is 22.7 Å². The van der Waals surface area contributed by atoms with Crippen LogP contribution < -0.4 is 0 Å². The number of hydrogen-bond acceptors (Lipinski definition) is 3. The maximum absolute atomic E-state index is 12.2. The molecule has 32 heavy (non-hydrogen) atoms. The van der Waals surface area contributed by atoms with Gasteiger partial charge in [-0.2, -0.15) is 0 Å². The van der Waals surface area contributed by atoms with Crippen LogP contribution in [0.3, 0.4) is 0 Å². The lowest BCUT2D eigenvalue weighted by Crippen LogP contribution is -2.37. The van der Waals surface area contributed by atoms with Crippen molar-refractivity contribution < 1.29 is 14.6 Å². The number of halogens is 1. The largest absolute Gasteiger partial charge is 0.461 e. The van der Waals surface area contributed by atoms with Crippen molar-refractivity contribution in [2.75, 3.05) is 6.61 Å². The fourth-order valence-corrected chi connectivity index (χ4v) is 6.99. The van der Waals surface area contributed by atoms with E-state index in [9.17, 15) is 9.90 Å². The number of ether oxygens (including phenoxy) is 1. The maximum Gasteiger partial charge on any atom is 0.311 e. The third kappa shape index (κ3) is 6.50. The van der Waals surface area contributed by atoms with Crippen molar-refractivity contribution in [2.45, 2.75) is 99.5 Å². The summed E-state index contributed by atoms with van der Waals surface area (Å²) in [7, 11) is 0. The van der Waals surface area contributed by atoms with Gasteiger partial charge in [0.2, 0.25) is 0 Å². The molecule has 2 aliphatic carbocycles. The summed E-state index contributed by atoms with van der Waals surface area (Å²) in [4.78, 5) is 14.4. The monoisotopic (exact) mass is 510 g/mol. The Labute approximate surface area is 205 Å². The lowest BCUT2D eigenvalue weighted by Gasteiger charge is -2.45. The highest BCUT2D eigenvalue weighted by molar-refractivity contribution is 9.11. The summed E-state index contributed by atoms with van der Waals surface area (Å²) in [6.07, 6.45) is 7.48. The highest BCUT2D eigenvalue weighted by Crippen LogP contribution is 2.60. The predicted octanol–water partition coefficient (Wildman–Crippen LogP) is 7.68. The molecule has 0 spiro atoms. The first-order chi connectivity index (χ1) is 14.8. The Morgan fingerprint density at radius 1 is 1.28 bits per heavy atom. The first-order valence-electron chi connectivity index (χ1n) is 12.6. The Balaban J connectivity index is 2.06. The van der Waals surface area contributed by atoms with Crippen LogP contribution in [0.25, 0.3) is 0 Å². The number of carbonyl (C=O) groups is 1. The third-order valence-electron chi connectivity index (χ3n) is 8.19. The Kier molecular flexibility index (Phi) is 9.68. The fourth-order valence-electron chi connectivity index (χ4n) is 6.44. The quantitative estimate of drug-likeness (QED) is 0.255. The van der Waals surface area contributed by atoms with Crippen molar-refractivity contribution in [3.8, 4) is 0 Å². The zero-order valence-electron chi connectivity index (χ0n) is 21.5. The van der Waals surface area contributed by atoms with E-state index in [-0.39, 0.29) is 18.5 Å². The number of hydrogen-bond donors (Lipinski definition) is 1. The normalized spacial score (nSPS) is 30.1. The summed E-state index contributed by atoms with van der Waals surface area (Å²) >= 11 is 3.62. The molecule has 0 saturated heterocycles. The van der Waals surface area contributed by atoms with Crippen LogP contribution in [-0.4, -0.2) is 23.8 Å². The van der Waals surface area contributed by atoms with Gasteiger partial charge in [-0.25, -0.2) is 0 Å². The van der Waals surface area contributed by atoms with E-state index in [0.29, 0.717) is 29.1 Å². The van der Waals surface area contributed by atoms with E-state index in [1.165, 1.54) is 32.1 Å². The molecule has 0 unspecified atom stereocenters. The lowest BCUT2D eigenvalue weighted by molar-refractivity contribution is -0.152. The molecule has 0 aromatic heterocycles. The average molecular weight is 512 g/mol. The molecule has 0 amide bonds. The van der Waals surface area contributed by atoms with Crippen LogP contribution in [-0.2, 0) is 9.53 Å². The molecule has 0 aromatic rings. The molecule has 0 bridgehead atoms. The fraction of sp³-hybridized carbons (Fsp3) is 0.821. The van der Waals surface area contributed by atoms with Gasteiger partial charge in [-0.15, -0.1) is 0 Å². The molecular formula is C28H47BrO3. The highest BCUT2D eigenvalue weighted by atomic mass is 79.9. The third-order valence-corrected chi connectivity index (χ3v) is 8.78. The number of allylic oxidation sites excluding steroid dienone is 1. The van der Waals surface area contributed by atoms with E-state index in [2.05, 4.69) is 55.2 Å². The molecule has 2 saturated carbocycles. The molecule has 4 heteroatoms. The minimum absolute atomic E-state index is 0.0421. The number of carbonyl (C=O) groups excluding carboxylic acids is 1. The summed E-state index contributed by atoms with van der Waals surface area (Å²) in [5, 5.41) is 11.3. The summed E-state index contributed by atoms with van der Waals surface area (Å²) in [5.74, 6) is 1.95. The van der Waals surface area contributed by atoms with Gasteiger partial charge in [-0.05, 0) is 105 Å². The second-order valence-corrected chi connectivity index (χ2v) is 12.7. The molecule has 0 aromatic carbocycles. The minimum atomic E-state index is -0.530. The topological polar surface area (TPSA) is 46.5 Å². The summed E-state index contributed by atoms with van der Waals surface area (Å²) in [6, 6.07) is 0. The van der Waals surface area contributed by atoms with Crippen LogP contribution in [0.4, 0.5) is 0 Å². The molecule has 184 valence electrons. The van der Waals surface area contributed by atoms with Crippen molar-refractivity contribution in [2.24, 2.45) is 40.4 Å². The number of esters is 1. The van der Waals surface area contributed by atoms with Crippen LogP contribution >= 0.6 is 15.9 Å². The first kappa shape index (κ1) is 27.6. The standard InChI is InChI=1S/C28H47BrO3/c1-18(2)14-22(20(4)17-32-26(31)27(5,6)7)25(30)15-19(3)23-11-12-24-21(16-29)10-9-13-28(23,24)8/h16,18-19,22-25,30H,4,9-15,17H2,1-3,5-8H3/b21-16+/t19-,22+,23-,24+,25+,28-/m1/s1. The maximum atomic E-state index is 12.2. The Hall–Kier alpha value is -0.610. The lowest BCUT2D eigenvalue weighted by atomic mass is 9.61. The van der Waals surface area contributed by atoms with Crippen LogP contribution in [0.15, 0.2) is 22.7 Å². The number of aliphatic hydroxyl groups excluding tert-OH is 1. The van der Waals surface area contributed by atoms with Gasteiger partial charge < -0.3 is 9.84 Å². The van der Waals surface area contributed by atoms with E-state index in [1.54, 1.807) is 5.57 Å². The van der Waals surface area contributed by atoms with Gasteiger partial charge in [0.1, 0.15) is 6.61 Å². The smallest absolute Gasteiger partial charge is 0.311 e. The molecule has 2 aliphatic rings. The van der Waals surface area contributed by atoms with Crippen molar-refractivity contribution in [3.63, 3.8) is 0 Å². The zero-order valence-corrected chi connectivity index (χ0v) is 23.1. The number of rotatable bonds is 9. The molecule has 1 N–H and O–H groups in total. The van der Waals surface area contributed by atoms with E-state index in [0.717, 1.165) is 18.4 Å². The van der Waals surface area contributed by atoms with E-state index >= 15 is 0 Å². The van der Waals surface area contributed by atoms with Crippen LogP contribution in [0.2, 0.25) is 0 Å². The predicted molar refractivity (Wildman–Crippen MR) is 137 cm³/mol. The molecule has 0 aliphatic heterocycles. The van der Waals surface area contributed by atoms with Crippen molar-refractivity contribution in [1.82, 2.24) is 0 Å². The van der Waals surface area contributed by atoms with Gasteiger partial charge >= 0.3 is 5.97 Å². The van der Waals surface area contributed by atoms with Gasteiger partial charge in [0.25, 0.3) is 0 Å². The second kappa shape index (κ2) is 11.2.